The number of carboxylic acids is 1. The first kappa shape index (κ1) is 16.0. The van der Waals surface area contributed by atoms with Gasteiger partial charge in [0.25, 0.3) is 0 Å². The SMILES string of the molecule is Cc1cc(C)c(OCCCn2nnc(C(=O)O)c2C)cc1C. The van der Waals surface area contributed by atoms with Crippen LogP contribution in [0, 0.1) is 27.7 Å². The lowest BCUT2D eigenvalue weighted by atomic mass is 10.1. The minimum absolute atomic E-state index is 0.00548. The van der Waals surface area contributed by atoms with E-state index in [1.807, 2.05) is 13.0 Å². The molecule has 0 amide bonds. The first-order valence-corrected chi connectivity index (χ1v) is 7.24. The Kier molecular flexibility index (Phi) is 4.80. The molecule has 0 saturated carbocycles. The fraction of sp³-hybridized carbons (Fsp3) is 0.438. The number of aromatic carboxylic acids is 1. The van der Waals surface area contributed by atoms with Gasteiger partial charge in [-0.3, -0.25) is 0 Å². The van der Waals surface area contributed by atoms with Gasteiger partial charge in [0.2, 0.25) is 0 Å². The summed E-state index contributed by atoms with van der Waals surface area (Å²) in [5.74, 6) is -0.157. The molecule has 1 aromatic heterocycles. The number of ether oxygens (including phenoxy) is 1. The highest BCUT2D eigenvalue weighted by molar-refractivity contribution is 5.86. The van der Waals surface area contributed by atoms with Gasteiger partial charge in [-0.15, -0.1) is 5.10 Å². The van der Waals surface area contributed by atoms with Crippen LogP contribution in [0.5, 0.6) is 5.75 Å². The Labute approximate surface area is 129 Å². The molecular formula is C16H21N3O3. The van der Waals surface area contributed by atoms with Gasteiger partial charge in [0.15, 0.2) is 5.69 Å². The topological polar surface area (TPSA) is 77.2 Å². The van der Waals surface area contributed by atoms with E-state index >= 15 is 0 Å². The zero-order chi connectivity index (χ0) is 16.3. The van der Waals surface area contributed by atoms with Crippen LogP contribution in [0.3, 0.4) is 0 Å². The Hall–Kier alpha value is -2.37. The van der Waals surface area contributed by atoms with Gasteiger partial charge in [0, 0.05) is 13.0 Å². The highest BCUT2D eigenvalue weighted by Gasteiger charge is 2.14. The molecule has 0 unspecified atom stereocenters. The molecule has 1 heterocycles. The van der Waals surface area contributed by atoms with Crippen molar-refractivity contribution < 1.29 is 14.6 Å². The second-order valence-electron chi connectivity index (χ2n) is 5.46. The zero-order valence-electron chi connectivity index (χ0n) is 13.4. The lowest BCUT2D eigenvalue weighted by Gasteiger charge is -2.12. The molecule has 0 spiro atoms. The van der Waals surface area contributed by atoms with E-state index in [0.29, 0.717) is 18.8 Å². The molecule has 0 bridgehead atoms. The maximum absolute atomic E-state index is 10.9. The number of aryl methyl sites for hydroxylation is 4. The second kappa shape index (κ2) is 6.60. The van der Waals surface area contributed by atoms with Crippen LogP contribution >= 0.6 is 0 Å². The van der Waals surface area contributed by atoms with Gasteiger partial charge in [-0.05, 0) is 50.5 Å². The third-order valence-electron chi connectivity index (χ3n) is 3.75. The van der Waals surface area contributed by atoms with Crippen LogP contribution in [-0.4, -0.2) is 32.7 Å². The third kappa shape index (κ3) is 3.44. The van der Waals surface area contributed by atoms with Gasteiger partial charge in [-0.2, -0.15) is 0 Å². The Morgan fingerprint density at radius 3 is 2.50 bits per heavy atom. The molecule has 1 aromatic carbocycles. The predicted octanol–water partition coefficient (Wildman–Crippen LogP) is 2.68. The zero-order valence-corrected chi connectivity index (χ0v) is 13.4. The minimum Gasteiger partial charge on any atom is -0.493 e. The lowest BCUT2D eigenvalue weighted by Crippen LogP contribution is -2.09. The molecule has 0 aliphatic rings. The molecule has 2 aromatic rings. The summed E-state index contributed by atoms with van der Waals surface area (Å²) in [5, 5.41) is 16.5. The number of hydrogen-bond acceptors (Lipinski definition) is 4. The van der Waals surface area contributed by atoms with Crippen LogP contribution in [0.2, 0.25) is 0 Å². The van der Waals surface area contributed by atoms with Crippen molar-refractivity contribution in [3.05, 3.63) is 40.2 Å². The molecule has 2 rings (SSSR count). The molecule has 0 aliphatic carbocycles. The summed E-state index contributed by atoms with van der Waals surface area (Å²) >= 11 is 0. The maximum atomic E-state index is 10.9. The van der Waals surface area contributed by atoms with E-state index in [0.717, 1.165) is 17.7 Å². The molecule has 0 radical (unpaired) electrons. The molecular weight excluding hydrogens is 282 g/mol. The summed E-state index contributed by atoms with van der Waals surface area (Å²) in [4.78, 5) is 10.9. The van der Waals surface area contributed by atoms with E-state index in [2.05, 4.69) is 30.2 Å². The van der Waals surface area contributed by atoms with E-state index in [9.17, 15) is 4.79 Å². The second-order valence-corrected chi connectivity index (χ2v) is 5.46. The average Bonchev–Trinajstić information content (AvgIpc) is 2.81. The van der Waals surface area contributed by atoms with E-state index < -0.39 is 5.97 Å². The predicted molar refractivity (Wildman–Crippen MR) is 82.5 cm³/mol. The molecule has 6 heteroatoms. The van der Waals surface area contributed by atoms with Crippen molar-refractivity contribution in [2.24, 2.45) is 0 Å². The van der Waals surface area contributed by atoms with E-state index in [4.69, 9.17) is 9.84 Å². The van der Waals surface area contributed by atoms with Crippen LogP contribution < -0.4 is 4.74 Å². The summed E-state index contributed by atoms with van der Waals surface area (Å²) < 4.78 is 7.41. The third-order valence-corrected chi connectivity index (χ3v) is 3.75. The molecule has 0 fully saturated rings. The van der Waals surface area contributed by atoms with Crippen LogP contribution in [0.25, 0.3) is 0 Å². The summed E-state index contributed by atoms with van der Waals surface area (Å²) in [6, 6.07) is 4.17. The van der Waals surface area contributed by atoms with Gasteiger partial charge in [0.05, 0.1) is 12.3 Å². The normalized spacial score (nSPS) is 10.7. The van der Waals surface area contributed by atoms with E-state index in [1.54, 1.807) is 11.6 Å². The molecule has 118 valence electrons. The number of rotatable bonds is 6. The lowest BCUT2D eigenvalue weighted by molar-refractivity contribution is 0.0689. The summed E-state index contributed by atoms with van der Waals surface area (Å²) in [6.07, 6.45) is 0.732. The summed E-state index contributed by atoms with van der Waals surface area (Å²) in [6.45, 7) is 9.01. The van der Waals surface area contributed by atoms with Crippen LogP contribution in [0.1, 0.15) is 39.3 Å². The van der Waals surface area contributed by atoms with Crippen molar-refractivity contribution in [2.45, 2.75) is 40.7 Å². The highest BCUT2D eigenvalue weighted by atomic mass is 16.5. The first-order chi connectivity index (χ1) is 10.4. The molecule has 0 saturated heterocycles. The van der Waals surface area contributed by atoms with E-state index in [1.165, 1.54) is 11.1 Å². The smallest absolute Gasteiger partial charge is 0.358 e. The Morgan fingerprint density at radius 2 is 1.86 bits per heavy atom. The van der Waals surface area contributed by atoms with Gasteiger partial charge < -0.3 is 9.84 Å². The number of carbonyl (C=O) groups is 1. The van der Waals surface area contributed by atoms with Crippen molar-refractivity contribution in [2.75, 3.05) is 6.61 Å². The summed E-state index contributed by atoms with van der Waals surface area (Å²) in [7, 11) is 0. The largest absolute Gasteiger partial charge is 0.493 e. The molecule has 0 aliphatic heterocycles. The van der Waals surface area contributed by atoms with Gasteiger partial charge in [-0.25, -0.2) is 9.48 Å². The molecule has 22 heavy (non-hydrogen) atoms. The number of carboxylic acid groups (broad SMARTS) is 1. The van der Waals surface area contributed by atoms with Crippen LogP contribution in [0.15, 0.2) is 12.1 Å². The van der Waals surface area contributed by atoms with Gasteiger partial charge >= 0.3 is 5.97 Å². The monoisotopic (exact) mass is 303 g/mol. The van der Waals surface area contributed by atoms with Crippen LogP contribution in [-0.2, 0) is 6.54 Å². The van der Waals surface area contributed by atoms with Gasteiger partial charge in [0.1, 0.15) is 5.75 Å². The summed E-state index contributed by atoms with van der Waals surface area (Å²) in [5.41, 5.74) is 4.15. The van der Waals surface area contributed by atoms with Crippen molar-refractivity contribution >= 4 is 5.97 Å². The quantitative estimate of drug-likeness (QED) is 0.830. The van der Waals surface area contributed by atoms with Crippen molar-refractivity contribution in [3.63, 3.8) is 0 Å². The Morgan fingerprint density at radius 1 is 1.18 bits per heavy atom. The van der Waals surface area contributed by atoms with Crippen LogP contribution in [0.4, 0.5) is 0 Å². The number of nitrogens with zero attached hydrogens (tertiary/aromatic N) is 3. The first-order valence-electron chi connectivity index (χ1n) is 7.24. The fourth-order valence-corrected chi connectivity index (χ4v) is 2.26. The Balaban J connectivity index is 1.90. The van der Waals surface area contributed by atoms with Crippen molar-refractivity contribution in [1.29, 1.82) is 0 Å². The fourth-order valence-electron chi connectivity index (χ4n) is 2.26. The van der Waals surface area contributed by atoms with Crippen molar-refractivity contribution in [1.82, 2.24) is 15.0 Å². The molecule has 1 N–H and O–H groups in total. The minimum atomic E-state index is -1.05. The number of benzene rings is 1. The van der Waals surface area contributed by atoms with Gasteiger partial charge in [-0.1, -0.05) is 11.3 Å². The maximum Gasteiger partial charge on any atom is 0.358 e. The number of hydrogen-bond donors (Lipinski definition) is 1. The standard InChI is InChI=1S/C16H21N3O3/c1-10-8-12(3)14(9-11(10)2)22-7-5-6-19-13(4)15(16(20)21)17-18-19/h8-9H,5-7H2,1-4H3,(H,20,21). The van der Waals surface area contributed by atoms with Crippen molar-refractivity contribution in [3.8, 4) is 5.75 Å². The average molecular weight is 303 g/mol. The molecule has 6 nitrogen and oxygen atoms in total. The highest BCUT2D eigenvalue weighted by Crippen LogP contribution is 2.22. The van der Waals surface area contributed by atoms with E-state index in [-0.39, 0.29) is 5.69 Å². The molecule has 0 atom stereocenters. The number of aromatic nitrogens is 3. The Bertz CT molecular complexity index is 692.